The molecule has 3 nitrogen and oxygen atoms in total. The SMILES string of the molecule is C=CCC(=O)OC1CCC2OC2C1. The van der Waals surface area contributed by atoms with Crippen molar-refractivity contribution in [2.24, 2.45) is 0 Å². The molecule has 1 saturated heterocycles. The van der Waals surface area contributed by atoms with Crippen molar-refractivity contribution in [2.75, 3.05) is 0 Å². The summed E-state index contributed by atoms with van der Waals surface area (Å²) in [5.41, 5.74) is 0. The molecule has 2 aliphatic rings. The van der Waals surface area contributed by atoms with Crippen LogP contribution >= 0.6 is 0 Å². The van der Waals surface area contributed by atoms with Crippen molar-refractivity contribution in [3.8, 4) is 0 Å². The van der Waals surface area contributed by atoms with Crippen LogP contribution in [0, 0.1) is 0 Å². The molecule has 1 saturated carbocycles. The molecule has 2 rings (SSSR count). The van der Waals surface area contributed by atoms with Gasteiger partial charge >= 0.3 is 5.97 Å². The van der Waals surface area contributed by atoms with E-state index in [0.29, 0.717) is 18.6 Å². The fourth-order valence-corrected chi connectivity index (χ4v) is 1.83. The molecule has 1 heterocycles. The Morgan fingerprint density at radius 3 is 3.08 bits per heavy atom. The van der Waals surface area contributed by atoms with Crippen molar-refractivity contribution in [3.63, 3.8) is 0 Å². The average Bonchev–Trinajstić information content (AvgIpc) is 2.82. The third-order valence-electron chi connectivity index (χ3n) is 2.57. The third-order valence-corrected chi connectivity index (χ3v) is 2.57. The molecular weight excluding hydrogens is 168 g/mol. The van der Waals surface area contributed by atoms with E-state index in [0.717, 1.165) is 19.3 Å². The molecule has 13 heavy (non-hydrogen) atoms. The van der Waals surface area contributed by atoms with Crippen LogP contribution in [0.3, 0.4) is 0 Å². The summed E-state index contributed by atoms with van der Waals surface area (Å²) in [4.78, 5) is 11.1. The van der Waals surface area contributed by atoms with E-state index in [4.69, 9.17) is 9.47 Å². The number of carbonyl (C=O) groups excluding carboxylic acids is 1. The molecule has 1 aliphatic heterocycles. The normalized spacial score (nSPS) is 36.2. The zero-order chi connectivity index (χ0) is 9.26. The van der Waals surface area contributed by atoms with Gasteiger partial charge in [-0.25, -0.2) is 0 Å². The van der Waals surface area contributed by atoms with Crippen molar-refractivity contribution < 1.29 is 14.3 Å². The number of epoxide rings is 1. The third kappa shape index (κ3) is 2.10. The molecule has 72 valence electrons. The van der Waals surface area contributed by atoms with Gasteiger partial charge in [-0.05, 0) is 12.8 Å². The van der Waals surface area contributed by atoms with Crippen molar-refractivity contribution in [3.05, 3.63) is 12.7 Å². The van der Waals surface area contributed by atoms with Gasteiger partial charge in [-0.3, -0.25) is 4.79 Å². The standard InChI is InChI=1S/C10H14O3/c1-2-3-10(11)12-7-4-5-8-9(6-7)13-8/h2,7-9H,1,3-6H2. The molecule has 1 aliphatic carbocycles. The van der Waals surface area contributed by atoms with Gasteiger partial charge in [-0.2, -0.15) is 0 Å². The molecule has 3 atom stereocenters. The maximum absolute atomic E-state index is 11.1. The first-order chi connectivity index (χ1) is 6.29. The lowest BCUT2D eigenvalue weighted by Crippen LogP contribution is -2.24. The molecular formula is C10H14O3. The number of rotatable bonds is 3. The van der Waals surface area contributed by atoms with Crippen LogP contribution in [-0.2, 0) is 14.3 Å². The number of hydrogen-bond acceptors (Lipinski definition) is 3. The molecule has 0 spiro atoms. The minimum atomic E-state index is -0.167. The Morgan fingerprint density at radius 2 is 2.38 bits per heavy atom. The van der Waals surface area contributed by atoms with Crippen LogP contribution < -0.4 is 0 Å². The van der Waals surface area contributed by atoms with Crippen LogP contribution in [0.2, 0.25) is 0 Å². The number of carbonyl (C=O) groups is 1. The monoisotopic (exact) mass is 182 g/mol. The van der Waals surface area contributed by atoms with Gasteiger partial charge in [0.05, 0.1) is 18.6 Å². The zero-order valence-electron chi connectivity index (χ0n) is 7.57. The minimum absolute atomic E-state index is 0.0798. The first-order valence-corrected chi connectivity index (χ1v) is 4.75. The largest absolute Gasteiger partial charge is 0.462 e. The first-order valence-electron chi connectivity index (χ1n) is 4.75. The first kappa shape index (κ1) is 8.75. The molecule has 3 heteroatoms. The fraction of sp³-hybridized carbons (Fsp3) is 0.700. The highest BCUT2D eigenvalue weighted by Gasteiger charge is 2.44. The summed E-state index contributed by atoms with van der Waals surface area (Å²) in [7, 11) is 0. The van der Waals surface area contributed by atoms with Crippen LogP contribution in [0.4, 0.5) is 0 Å². The molecule has 0 aromatic carbocycles. The van der Waals surface area contributed by atoms with E-state index in [1.165, 1.54) is 0 Å². The van der Waals surface area contributed by atoms with Crippen LogP contribution in [0.15, 0.2) is 12.7 Å². The summed E-state index contributed by atoms with van der Waals surface area (Å²) in [6.45, 7) is 3.49. The smallest absolute Gasteiger partial charge is 0.309 e. The molecule has 0 amide bonds. The Labute approximate surface area is 77.7 Å². The highest BCUT2D eigenvalue weighted by molar-refractivity contribution is 5.71. The summed E-state index contributed by atoms with van der Waals surface area (Å²) in [5.74, 6) is -0.167. The highest BCUT2D eigenvalue weighted by Crippen LogP contribution is 2.37. The second-order valence-electron chi connectivity index (χ2n) is 3.63. The molecule has 0 aromatic rings. The van der Waals surface area contributed by atoms with Gasteiger partial charge in [-0.1, -0.05) is 6.08 Å². The van der Waals surface area contributed by atoms with Crippen molar-refractivity contribution in [1.82, 2.24) is 0 Å². The zero-order valence-corrected chi connectivity index (χ0v) is 7.57. The van der Waals surface area contributed by atoms with Gasteiger partial charge in [-0.15, -0.1) is 6.58 Å². The Balaban J connectivity index is 1.74. The number of hydrogen-bond donors (Lipinski definition) is 0. The lowest BCUT2D eigenvalue weighted by atomic mass is 9.98. The minimum Gasteiger partial charge on any atom is -0.462 e. The van der Waals surface area contributed by atoms with Gasteiger partial charge in [0, 0.05) is 6.42 Å². The van der Waals surface area contributed by atoms with E-state index in [-0.39, 0.29) is 12.1 Å². The quantitative estimate of drug-likeness (QED) is 0.376. The summed E-state index contributed by atoms with van der Waals surface area (Å²) in [6, 6.07) is 0. The van der Waals surface area contributed by atoms with E-state index in [2.05, 4.69) is 6.58 Å². The molecule has 0 N–H and O–H groups in total. The van der Waals surface area contributed by atoms with Crippen molar-refractivity contribution in [2.45, 2.75) is 44.0 Å². The molecule has 3 unspecified atom stereocenters. The summed E-state index contributed by atoms with van der Waals surface area (Å²) in [6.07, 6.45) is 5.67. The van der Waals surface area contributed by atoms with Crippen LogP contribution in [0.5, 0.6) is 0 Å². The highest BCUT2D eigenvalue weighted by atomic mass is 16.6. The number of esters is 1. The Bertz CT molecular complexity index is 224. The molecule has 0 radical (unpaired) electrons. The lowest BCUT2D eigenvalue weighted by molar-refractivity contribution is -0.149. The van der Waals surface area contributed by atoms with E-state index in [1.54, 1.807) is 6.08 Å². The lowest BCUT2D eigenvalue weighted by Gasteiger charge is -2.18. The van der Waals surface area contributed by atoms with Crippen molar-refractivity contribution >= 4 is 5.97 Å². The summed E-state index contributed by atoms with van der Waals surface area (Å²) >= 11 is 0. The predicted molar refractivity (Wildman–Crippen MR) is 47.2 cm³/mol. The summed E-state index contributed by atoms with van der Waals surface area (Å²) in [5, 5.41) is 0. The van der Waals surface area contributed by atoms with E-state index in [1.807, 2.05) is 0 Å². The Morgan fingerprint density at radius 1 is 1.54 bits per heavy atom. The maximum Gasteiger partial charge on any atom is 0.309 e. The molecule has 0 bridgehead atoms. The number of fused-ring (bicyclic) bond motifs is 1. The van der Waals surface area contributed by atoms with E-state index < -0.39 is 0 Å². The van der Waals surface area contributed by atoms with Gasteiger partial charge in [0.25, 0.3) is 0 Å². The predicted octanol–water partition coefficient (Wildman–Crippen LogP) is 1.43. The van der Waals surface area contributed by atoms with Crippen LogP contribution in [-0.4, -0.2) is 24.3 Å². The average molecular weight is 182 g/mol. The van der Waals surface area contributed by atoms with Crippen LogP contribution in [0.1, 0.15) is 25.7 Å². The maximum atomic E-state index is 11.1. The Hall–Kier alpha value is -0.830. The number of ether oxygens (including phenoxy) is 2. The van der Waals surface area contributed by atoms with Gasteiger partial charge in [0.15, 0.2) is 0 Å². The second kappa shape index (κ2) is 3.50. The van der Waals surface area contributed by atoms with Crippen molar-refractivity contribution in [1.29, 1.82) is 0 Å². The van der Waals surface area contributed by atoms with Gasteiger partial charge in [0.2, 0.25) is 0 Å². The Kier molecular flexibility index (Phi) is 2.36. The fourth-order valence-electron chi connectivity index (χ4n) is 1.83. The van der Waals surface area contributed by atoms with Gasteiger partial charge < -0.3 is 9.47 Å². The van der Waals surface area contributed by atoms with E-state index in [9.17, 15) is 4.79 Å². The summed E-state index contributed by atoms with van der Waals surface area (Å²) < 4.78 is 10.6. The molecule has 0 aromatic heterocycles. The van der Waals surface area contributed by atoms with Gasteiger partial charge in [0.1, 0.15) is 6.10 Å². The topological polar surface area (TPSA) is 38.8 Å². The molecule has 2 fully saturated rings. The van der Waals surface area contributed by atoms with Crippen LogP contribution in [0.25, 0.3) is 0 Å². The second-order valence-corrected chi connectivity index (χ2v) is 3.63. The van der Waals surface area contributed by atoms with E-state index >= 15 is 0 Å².